The maximum atomic E-state index is 9.37. The van der Waals surface area contributed by atoms with Crippen molar-refractivity contribution in [2.45, 2.75) is 6.61 Å². The van der Waals surface area contributed by atoms with Gasteiger partial charge in [0.25, 0.3) is 0 Å². The van der Waals surface area contributed by atoms with E-state index in [1.54, 1.807) is 21.6 Å². The molecule has 4 rings (SSSR count). The molecule has 0 radical (unpaired) electrons. The number of aryl methyl sites for hydroxylation is 1. The maximum absolute atomic E-state index is 9.37. The van der Waals surface area contributed by atoms with E-state index in [2.05, 4.69) is 37.2 Å². The predicted molar refractivity (Wildman–Crippen MR) is 98.4 cm³/mol. The van der Waals surface area contributed by atoms with Crippen LogP contribution in [0.5, 0.6) is 5.75 Å². The van der Waals surface area contributed by atoms with Gasteiger partial charge in [-0.05, 0) is 39.7 Å². The number of pyridine rings is 2. The molecule has 0 unspecified atom stereocenters. The van der Waals surface area contributed by atoms with E-state index in [-0.39, 0.29) is 0 Å². The quantitative estimate of drug-likeness (QED) is 0.483. The number of aromatic nitrogens is 5. The lowest BCUT2D eigenvalue weighted by atomic mass is 10.1. The first-order chi connectivity index (χ1) is 12.6. The Morgan fingerprint density at radius 3 is 2.81 bits per heavy atom. The SMILES string of the molecule is Cn1cc(-c2cc(OCc3ccnc(Br)c3)c3c(C#N)cnn3c2)cn1. The lowest BCUT2D eigenvalue weighted by Gasteiger charge is -2.10. The van der Waals surface area contributed by atoms with E-state index in [0.717, 1.165) is 21.3 Å². The van der Waals surface area contributed by atoms with Crippen molar-refractivity contribution in [1.29, 1.82) is 5.26 Å². The summed E-state index contributed by atoms with van der Waals surface area (Å²) < 4.78 is 10.2. The molecule has 0 aliphatic rings. The molecule has 0 aliphatic carbocycles. The molecule has 0 bridgehead atoms. The zero-order chi connectivity index (χ0) is 18.1. The molecular weight excluding hydrogens is 396 g/mol. The highest BCUT2D eigenvalue weighted by molar-refractivity contribution is 9.10. The molecule has 4 heterocycles. The van der Waals surface area contributed by atoms with Crippen molar-refractivity contribution in [2.24, 2.45) is 7.05 Å². The third kappa shape index (κ3) is 3.05. The molecule has 0 N–H and O–H groups in total. The standard InChI is InChI=1S/C18H13BrN6O/c1-24-9-15(8-22-24)13-5-16(18-14(6-20)7-23-25(18)10-13)26-11-12-2-3-21-17(19)4-12/h2-5,7-10H,11H2,1H3. The smallest absolute Gasteiger partial charge is 0.147 e. The molecule has 8 heteroatoms. The first kappa shape index (κ1) is 16.3. The number of hydrogen-bond acceptors (Lipinski definition) is 5. The van der Waals surface area contributed by atoms with E-state index >= 15 is 0 Å². The molecule has 0 amide bonds. The summed E-state index contributed by atoms with van der Waals surface area (Å²) in [6, 6.07) is 7.85. The van der Waals surface area contributed by atoms with E-state index in [0.29, 0.717) is 23.4 Å². The molecule has 0 aromatic carbocycles. The normalized spacial score (nSPS) is 10.8. The van der Waals surface area contributed by atoms with Gasteiger partial charge in [-0.25, -0.2) is 9.50 Å². The molecular formula is C18H13BrN6O. The molecule has 0 saturated heterocycles. The largest absolute Gasteiger partial charge is 0.487 e. The number of fused-ring (bicyclic) bond motifs is 1. The topological polar surface area (TPSA) is 81.0 Å². The molecule has 128 valence electrons. The van der Waals surface area contributed by atoms with Gasteiger partial charge in [0.15, 0.2) is 0 Å². The average Bonchev–Trinajstić information content (AvgIpc) is 3.25. The molecule has 0 saturated carbocycles. The molecule has 4 aromatic rings. The number of halogens is 1. The number of hydrogen-bond donors (Lipinski definition) is 0. The second-order valence-corrected chi connectivity index (χ2v) is 6.55. The summed E-state index contributed by atoms with van der Waals surface area (Å²) in [6.07, 6.45) is 8.81. The van der Waals surface area contributed by atoms with Crippen LogP contribution in [0.3, 0.4) is 0 Å². The number of rotatable bonds is 4. The van der Waals surface area contributed by atoms with Gasteiger partial charge in [-0.2, -0.15) is 15.5 Å². The summed E-state index contributed by atoms with van der Waals surface area (Å²) in [5.41, 5.74) is 3.93. The van der Waals surface area contributed by atoms with Gasteiger partial charge in [0, 0.05) is 36.8 Å². The first-order valence-corrected chi connectivity index (χ1v) is 8.57. The van der Waals surface area contributed by atoms with Crippen molar-refractivity contribution in [3.63, 3.8) is 0 Å². The number of nitriles is 1. The van der Waals surface area contributed by atoms with Gasteiger partial charge in [0.05, 0.1) is 12.4 Å². The van der Waals surface area contributed by atoms with Crippen LogP contribution in [0.25, 0.3) is 16.6 Å². The second-order valence-electron chi connectivity index (χ2n) is 5.73. The highest BCUT2D eigenvalue weighted by atomic mass is 79.9. The summed E-state index contributed by atoms with van der Waals surface area (Å²) in [7, 11) is 1.86. The van der Waals surface area contributed by atoms with Crippen LogP contribution in [0.15, 0.2) is 53.8 Å². The van der Waals surface area contributed by atoms with Crippen LogP contribution < -0.4 is 4.74 Å². The van der Waals surface area contributed by atoms with E-state index in [4.69, 9.17) is 4.74 Å². The summed E-state index contributed by atoms with van der Waals surface area (Å²) in [5.74, 6) is 0.591. The van der Waals surface area contributed by atoms with Gasteiger partial charge in [0.1, 0.15) is 34.1 Å². The monoisotopic (exact) mass is 408 g/mol. The maximum Gasteiger partial charge on any atom is 0.147 e. The van der Waals surface area contributed by atoms with Gasteiger partial charge in [-0.1, -0.05) is 0 Å². The van der Waals surface area contributed by atoms with Crippen molar-refractivity contribution in [2.75, 3.05) is 0 Å². The van der Waals surface area contributed by atoms with Crippen LogP contribution in [0, 0.1) is 11.3 Å². The Hall–Kier alpha value is -3.18. The number of nitrogens with zero attached hydrogens (tertiary/aromatic N) is 6. The molecule has 0 aliphatic heterocycles. The lowest BCUT2D eigenvalue weighted by molar-refractivity contribution is 0.308. The van der Waals surface area contributed by atoms with Crippen molar-refractivity contribution >= 4 is 21.4 Å². The van der Waals surface area contributed by atoms with Gasteiger partial charge in [0.2, 0.25) is 0 Å². The van der Waals surface area contributed by atoms with Gasteiger partial charge < -0.3 is 4.74 Å². The lowest BCUT2D eigenvalue weighted by Crippen LogP contribution is -2.00. The average molecular weight is 409 g/mol. The zero-order valence-corrected chi connectivity index (χ0v) is 15.4. The van der Waals surface area contributed by atoms with Gasteiger partial charge >= 0.3 is 0 Å². The van der Waals surface area contributed by atoms with E-state index in [9.17, 15) is 5.26 Å². The Morgan fingerprint density at radius 1 is 1.19 bits per heavy atom. The van der Waals surface area contributed by atoms with Crippen molar-refractivity contribution in [3.05, 3.63) is 64.9 Å². The van der Waals surface area contributed by atoms with Crippen molar-refractivity contribution in [3.8, 4) is 22.9 Å². The van der Waals surface area contributed by atoms with Crippen LogP contribution >= 0.6 is 15.9 Å². The fourth-order valence-corrected chi connectivity index (χ4v) is 3.11. The van der Waals surface area contributed by atoms with Crippen LogP contribution in [-0.4, -0.2) is 24.4 Å². The Bertz CT molecular complexity index is 1140. The van der Waals surface area contributed by atoms with Crippen LogP contribution in [0.1, 0.15) is 11.1 Å². The van der Waals surface area contributed by atoms with E-state index in [1.807, 2.05) is 37.6 Å². The van der Waals surface area contributed by atoms with Crippen molar-refractivity contribution < 1.29 is 4.74 Å². The first-order valence-electron chi connectivity index (χ1n) is 7.78. The van der Waals surface area contributed by atoms with E-state index < -0.39 is 0 Å². The molecule has 7 nitrogen and oxygen atoms in total. The zero-order valence-electron chi connectivity index (χ0n) is 13.8. The van der Waals surface area contributed by atoms with E-state index in [1.165, 1.54) is 6.20 Å². The third-order valence-electron chi connectivity index (χ3n) is 3.92. The van der Waals surface area contributed by atoms with Gasteiger partial charge in [-0.3, -0.25) is 4.68 Å². The number of ether oxygens (including phenoxy) is 1. The minimum Gasteiger partial charge on any atom is -0.487 e. The second kappa shape index (κ2) is 6.61. The molecule has 26 heavy (non-hydrogen) atoms. The molecule has 0 fully saturated rings. The predicted octanol–water partition coefficient (Wildman–Crippen LogP) is 3.34. The highest BCUT2D eigenvalue weighted by Crippen LogP contribution is 2.30. The minimum atomic E-state index is 0.351. The van der Waals surface area contributed by atoms with Crippen molar-refractivity contribution in [1.82, 2.24) is 24.4 Å². The Morgan fingerprint density at radius 2 is 2.08 bits per heavy atom. The Kier molecular flexibility index (Phi) is 4.14. The summed E-state index contributed by atoms with van der Waals surface area (Å²) >= 11 is 3.36. The minimum absolute atomic E-state index is 0.351. The van der Waals surface area contributed by atoms with Crippen LogP contribution in [0.2, 0.25) is 0 Å². The Balaban J connectivity index is 1.77. The molecule has 0 spiro atoms. The summed E-state index contributed by atoms with van der Waals surface area (Å²) in [5, 5.41) is 17.9. The summed E-state index contributed by atoms with van der Waals surface area (Å²) in [4.78, 5) is 4.11. The van der Waals surface area contributed by atoms with Crippen LogP contribution in [-0.2, 0) is 13.7 Å². The highest BCUT2D eigenvalue weighted by Gasteiger charge is 2.14. The fourth-order valence-electron chi connectivity index (χ4n) is 2.70. The third-order valence-corrected chi connectivity index (χ3v) is 4.35. The van der Waals surface area contributed by atoms with Gasteiger partial charge in [-0.15, -0.1) is 0 Å². The molecule has 4 aromatic heterocycles. The van der Waals surface area contributed by atoms with Crippen LogP contribution in [0.4, 0.5) is 0 Å². The Labute approximate surface area is 157 Å². The fraction of sp³-hybridized carbons (Fsp3) is 0.111. The summed E-state index contributed by atoms with van der Waals surface area (Å²) in [6.45, 7) is 0.351. The molecule has 0 atom stereocenters.